The van der Waals surface area contributed by atoms with Gasteiger partial charge in [0, 0.05) is 5.41 Å². The second-order valence-corrected chi connectivity index (χ2v) is 4.11. The fourth-order valence-electron chi connectivity index (χ4n) is 1.93. The molecule has 0 atom stereocenters. The van der Waals surface area contributed by atoms with Crippen LogP contribution >= 0.6 is 0 Å². The molecule has 0 aliphatic heterocycles. The summed E-state index contributed by atoms with van der Waals surface area (Å²) in [6, 6.07) is 2.30. The normalized spacial score (nSPS) is 17.1. The fraction of sp³-hybridized carbons (Fsp3) is 0.364. The first-order valence-corrected chi connectivity index (χ1v) is 4.85. The van der Waals surface area contributed by atoms with Crippen LogP contribution in [0.2, 0.25) is 0 Å². The van der Waals surface area contributed by atoms with E-state index in [9.17, 15) is 13.6 Å². The molecule has 1 aliphatic rings. The number of phenolic OH excluding ortho intramolecular Hbond substituents is 1. The first-order valence-electron chi connectivity index (χ1n) is 4.85. The Balaban J connectivity index is 2.42. The Bertz CT molecular complexity index is 453. The van der Waals surface area contributed by atoms with Crippen LogP contribution in [0, 0.1) is 11.6 Å². The topological polar surface area (TPSA) is 57.5 Å². The van der Waals surface area contributed by atoms with Gasteiger partial charge in [0.25, 0.3) is 0 Å². The monoisotopic (exact) mass is 228 g/mol. The molecule has 5 heteroatoms. The van der Waals surface area contributed by atoms with E-state index in [0.29, 0.717) is 12.8 Å². The Morgan fingerprint density at radius 3 is 2.44 bits per heavy atom. The Morgan fingerprint density at radius 2 is 1.94 bits per heavy atom. The molecule has 0 amide bonds. The Kier molecular flexibility index (Phi) is 2.33. The lowest BCUT2D eigenvalue weighted by Crippen LogP contribution is -2.15. The first kappa shape index (κ1) is 10.9. The predicted molar refractivity (Wildman–Crippen MR) is 51.2 cm³/mol. The van der Waals surface area contributed by atoms with Gasteiger partial charge < -0.3 is 10.2 Å². The molecule has 1 aromatic rings. The minimum atomic E-state index is -1.31. The van der Waals surface area contributed by atoms with Gasteiger partial charge in [-0.2, -0.15) is 4.39 Å². The standard InChI is InChI=1S/C11H10F2O3/c12-9-6(1-2-7(14)10(9)13)11(3-4-11)5-8(15)16/h1-2,14H,3-5H2,(H,15,16). The average Bonchev–Trinajstić information content (AvgIpc) is 2.94. The summed E-state index contributed by atoms with van der Waals surface area (Å²) in [7, 11) is 0. The highest BCUT2D eigenvalue weighted by atomic mass is 19.2. The van der Waals surface area contributed by atoms with Crippen molar-refractivity contribution >= 4 is 5.97 Å². The molecular formula is C11H10F2O3. The molecule has 1 aromatic carbocycles. The third-order valence-corrected chi connectivity index (χ3v) is 2.98. The molecule has 0 saturated heterocycles. The second-order valence-electron chi connectivity index (χ2n) is 4.11. The van der Waals surface area contributed by atoms with Crippen LogP contribution < -0.4 is 0 Å². The quantitative estimate of drug-likeness (QED) is 0.833. The van der Waals surface area contributed by atoms with Crippen molar-refractivity contribution in [3.8, 4) is 5.75 Å². The van der Waals surface area contributed by atoms with E-state index < -0.39 is 28.8 Å². The number of benzene rings is 1. The molecule has 0 heterocycles. The van der Waals surface area contributed by atoms with Gasteiger partial charge in [-0.25, -0.2) is 4.39 Å². The number of hydrogen-bond acceptors (Lipinski definition) is 2. The van der Waals surface area contributed by atoms with Crippen LogP contribution in [0.5, 0.6) is 5.75 Å². The lowest BCUT2D eigenvalue weighted by atomic mass is 9.91. The number of hydrogen-bond donors (Lipinski definition) is 2. The van der Waals surface area contributed by atoms with Crippen LogP contribution in [0.1, 0.15) is 24.8 Å². The summed E-state index contributed by atoms with van der Waals surface area (Å²) in [5.41, 5.74) is -0.741. The Labute approximate surface area is 90.3 Å². The molecule has 0 spiro atoms. The van der Waals surface area contributed by atoms with E-state index in [2.05, 4.69) is 0 Å². The fourth-order valence-corrected chi connectivity index (χ4v) is 1.93. The maximum absolute atomic E-state index is 13.5. The third-order valence-electron chi connectivity index (χ3n) is 2.98. The van der Waals surface area contributed by atoms with Gasteiger partial charge in [-0.3, -0.25) is 4.79 Å². The highest BCUT2D eigenvalue weighted by molar-refractivity contribution is 5.70. The molecule has 0 bridgehead atoms. The number of aliphatic carboxylic acids is 1. The average molecular weight is 228 g/mol. The minimum absolute atomic E-state index is 0.0465. The van der Waals surface area contributed by atoms with Gasteiger partial charge in [0.05, 0.1) is 6.42 Å². The van der Waals surface area contributed by atoms with E-state index in [0.717, 1.165) is 6.07 Å². The van der Waals surface area contributed by atoms with E-state index in [1.165, 1.54) is 6.07 Å². The lowest BCUT2D eigenvalue weighted by molar-refractivity contribution is -0.137. The summed E-state index contributed by atoms with van der Waals surface area (Å²) in [5.74, 6) is -4.24. The largest absolute Gasteiger partial charge is 0.505 e. The molecule has 3 nitrogen and oxygen atoms in total. The number of carbonyl (C=O) groups is 1. The molecule has 0 aromatic heterocycles. The summed E-state index contributed by atoms with van der Waals surface area (Å²) in [5, 5.41) is 17.7. The van der Waals surface area contributed by atoms with E-state index in [1.54, 1.807) is 0 Å². The van der Waals surface area contributed by atoms with Gasteiger partial charge in [0.15, 0.2) is 11.6 Å². The van der Waals surface area contributed by atoms with Crippen molar-refractivity contribution in [2.24, 2.45) is 0 Å². The van der Waals surface area contributed by atoms with Crippen LogP contribution in [0.25, 0.3) is 0 Å². The highest BCUT2D eigenvalue weighted by Crippen LogP contribution is 2.52. The molecule has 1 fully saturated rings. The lowest BCUT2D eigenvalue weighted by Gasteiger charge is -2.14. The van der Waals surface area contributed by atoms with Gasteiger partial charge in [0.1, 0.15) is 0 Å². The van der Waals surface area contributed by atoms with Crippen LogP contribution in [0.4, 0.5) is 8.78 Å². The van der Waals surface area contributed by atoms with Crippen molar-refractivity contribution in [3.05, 3.63) is 29.3 Å². The molecule has 1 aliphatic carbocycles. The zero-order valence-corrected chi connectivity index (χ0v) is 8.33. The maximum atomic E-state index is 13.5. The number of aromatic hydroxyl groups is 1. The number of carboxylic acids is 1. The number of rotatable bonds is 3. The third kappa shape index (κ3) is 1.62. The van der Waals surface area contributed by atoms with Gasteiger partial charge in [-0.1, -0.05) is 6.07 Å². The number of halogens is 2. The van der Waals surface area contributed by atoms with Crippen molar-refractivity contribution in [2.45, 2.75) is 24.7 Å². The van der Waals surface area contributed by atoms with Gasteiger partial charge in [-0.15, -0.1) is 0 Å². The van der Waals surface area contributed by atoms with Crippen LogP contribution in [-0.4, -0.2) is 16.2 Å². The first-order chi connectivity index (χ1) is 7.46. The zero-order valence-electron chi connectivity index (χ0n) is 8.33. The molecule has 2 N–H and O–H groups in total. The minimum Gasteiger partial charge on any atom is -0.505 e. The van der Waals surface area contributed by atoms with Crippen molar-refractivity contribution in [1.82, 2.24) is 0 Å². The molecule has 1 saturated carbocycles. The van der Waals surface area contributed by atoms with Gasteiger partial charge in [0.2, 0.25) is 5.82 Å². The summed E-state index contributed by atoms with van der Waals surface area (Å²) < 4.78 is 26.6. The van der Waals surface area contributed by atoms with Crippen LogP contribution in [0.3, 0.4) is 0 Å². The second kappa shape index (κ2) is 3.43. The van der Waals surface area contributed by atoms with E-state index >= 15 is 0 Å². The van der Waals surface area contributed by atoms with Crippen LogP contribution in [0.15, 0.2) is 12.1 Å². The summed E-state index contributed by atoms with van der Waals surface area (Å²) in [4.78, 5) is 10.6. The molecule has 86 valence electrons. The molecule has 0 unspecified atom stereocenters. The predicted octanol–water partition coefficient (Wildman–Crippen LogP) is 2.18. The van der Waals surface area contributed by atoms with Crippen molar-refractivity contribution < 1.29 is 23.8 Å². The molecule has 16 heavy (non-hydrogen) atoms. The summed E-state index contributed by atoms with van der Waals surface area (Å²) in [6.45, 7) is 0. The molecule has 2 rings (SSSR count). The van der Waals surface area contributed by atoms with Gasteiger partial charge >= 0.3 is 5.97 Å². The summed E-state index contributed by atoms with van der Waals surface area (Å²) in [6.07, 6.45) is 0.842. The number of phenols is 1. The molecule has 0 radical (unpaired) electrons. The maximum Gasteiger partial charge on any atom is 0.304 e. The SMILES string of the molecule is O=C(O)CC1(c2ccc(O)c(F)c2F)CC1. The zero-order chi connectivity index (χ0) is 11.9. The Morgan fingerprint density at radius 1 is 1.31 bits per heavy atom. The Hall–Kier alpha value is -1.65. The smallest absolute Gasteiger partial charge is 0.304 e. The van der Waals surface area contributed by atoms with Gasteiger partial charge in [-0.05, 0) is 24.5 Å². The van der Waals surface area contributed by atoms with Crippen molar-refractivity contribution in [3.63, 3.8) is 0 Å². The van der Waals surface area contributed by atoms with Crippen molar-refractivity contribution in [1.29, 1.82) is 0 Å². The van der Waals surface area contributed by atoms with E-state index in [4.69, 9.17) is 10.2 Å². The van der Waals surface area contributed by atoms with E-state index in [1.807, 2.05) is 0 Å². The van der Waals surface area contributed by atoms with E-state index in [-0.39, 0.29) is 12.0 Å². The highest BCUT2D eigenvalue weighted by Gasteiger charge is 2.48. The van der Waals surface area contributed by atoms with Crippen molar-refractivity contribution in [2.75, 3.05) is 0 Å². The van der Waals surface area contributed by atoms with Crippen LogP contribution in [-0.2, 0) is 10.2 Å². The number of carboxylic acid groups (broad SMARTS) is 1. The summed E-state index contributed by atoms with van der Waals surface area (Å²) >= 11 is 0. The molecular weight excluding hydrogens is 218 g/mol.